The Labute approximate surface area is 112 Å². The third kappa shape index (κ3) is 3.11. The van der Waals surface area contributed by atoms with Gasteiger partial charge < -0.3 is 5.32 Å². The second-order valence-electron chi connectivity index (χ2n) is 3.96. The minimum absolute atomic E-state index is 0.136. The topological polar surface area (TPSA) is 29.1 Å². The maximum atomic E-state index is 12.0. The molecule has 0 bridgehead atoms. The fraction of sp³-hybridized carbons (Fsp3) is 0.0667. The first-order valence-electron chi connectivity index (χ1n) is 5.61. The number of anilines is 1. The van der Waals surface area contributed by atoms with Gasteiger partial charge in [-0.25, -0.2) is 0 Å². The van der Waals surface area contributed by atoms with Gasteiger partial charge in [-0.2, -0.15) is 0 Å². The van der Waals surface area contributed by atoms with Crippen molar-refractivity contribution in [1.29, 1.82) is 0 Å². The van der Waals surface area contributed by atoms with Crippen LogP contribution in [0.2, 0.25) is 5.02 Å². The molecule has 1 atom stereocenters. The van der Waals surface area contributed by atoms with Gasteiger partial charge in [0.15, 0.2) is 0 Å². The Balaban J connectivity index is 2.06. The van der Waals surface area contributed by atoms with Crippen LogP contribution in [-0.2, 0) is 4.79 Å². The zero-order chi connectivity index (χ0) is 13.0. The van der Waals surface area contributed by atoms with Gasteiger partial charge in [0.1, 0.15) is 0 Å². The molecule has 3 heteroatoms. The fourth-order valence-electron chi connectivity index (χ4n) is 1.60. The van der Waals surface area contributed by atoms with E-state index in [2.05, 4.69) is 12.2 Å². The van der Waals surface area contributed by atoms with Crippen molar-refractivity contribution in [3.05, 3.63) is 72.1 Å². The highest BCUT2D eigenvalue weighted by molar-refractivity contribution is 6.30. The summed E-state index contributed by atoms with van der Waals surface area (Å²) >= 11 is 5.78. The molecule has 91 valence electrons. The first-order chi connectivity index (χ1) is 8.66. The first-order valence-corrected chi connectivity index (χ1v) is 5.99. The number of hydrogen-bond acceptors (Lipinski definition) is 1. The number of halogens is 1. The standard InChI is InChI=1S/C15H13ClNO/c1-11(12-5-3-2-4-6-12)15(18)17-14-9-7-13(16)8-10-14/h2-11H,1H2,(H,17,18). The van der Waals surface area contributed by atoms with Crippen LogP contribution < -0.4 is 5.32 Å². The molecule has 0 aliphatic rings. The minimum Gasteiger partial charge on any atom is -0.326 e. The van der Waals surface area contributed by atoms with Crippen LogP contribution in [0.25, 0.3) is 0 Å². The Hall–Kier alpha value is -1.80. The average molecular weight is 259 g/mol. The van der Waals surface area contributed by atoms with Crippen molar-refractivity contribution in [2.45, 2.75) is 5.92 Å². The molecule has 18 heavy (non-hydrogen) atoms. The summed E-state index contributed by atoms with van der Waals surface area (Å²) in [6, 6.07) is 16.5. The molecule has 2 rings (SSSR count). The Morgan fingerprint density at radius 2 is 1.67 bits per heavy atom. The molecule has 0 fully saturated rings. The first kappa shape index (κ1) is 12.7. The van der Waals surface area contributed by atoms with Gasteiger partial charge in [-0.1, -0.05) is 41.9 Å². The lowest BCUT2D eigenvalue weighted by Gasteiger charge is -2.12. The van der Waals surface area contributed by atoms with E-state index in [4.69, 9.17) is 11.6 Å². The van der Waals surface area contributed by atoms with Gasteiger partial charge in [0.05, 0.1) is 5.92 Å². The lowest BCUT2D eigenvalue weighted by Crippen LogP contribution is -2.18. The summed E-state index contributed by atoms with van der Waals surface area (Å²) in [6.07, 6.45) is 0. The number of benzene rings is 2. The molecule has 1 radical (unpaired) electrons. The summed E-state index contributed by atoms with van der Waals surface area (Å²) in [6.45, 7) is 3.88. The molecule has 0 aliphatic carbocycles. The molecule has 0 saturated heterocycles. The Bertz CT molecular complexity index is 522. The van der Waals surface area contributed by atoms with Crippen LogP contribution in [-0.4, -0.2) is 5.91 Å². The highest BCUT2D eigenvalue weighted by Crippen LogP contribution is 2.18. The molecule has 0 aliphatic heterocycles. The van der Waals surface area contributed by atoms with E-state index < -0.39 is 5.92 Å². The summed E-state index contributed by atoms with van der Waals surface area (Å²) in [5.41, 5.74) is 1.61. The van der Waals surface area contributed by atoms with Crippen molar-refractivity contribution in [3.8, 4) is 0 Å². The summed E-state index contributed by atoms with van der Waals surface area (Å²) in [7, 11) is 0. The molecule has 0 spiro atoms. The van der Waals surface area contributed by atoms with E-state index in [9.17, 15) is 4.79 Å². The highest BCUT2D eigenvalue weighted by Gasteiger charge is 2.14. The number of rotatable bonds is 3. The van der Waals surface area contributed by atoms with Crippen molar-refractivity contribution < 1.29 is 4.79 Å². The molecule has 2 aromatic rings. The zero-order valence-electron chi connectivity index (χ0n) is 9.77. The maximum absolute atomic E-state index is 12.0. The van der Waals surface area contributed by atoms with E-state index in [1.807, 2.05) is 30.3 Å². The van der Waals surface area contributed by atoms with Gasteiger partial charge in [0, 0.05) is 10.7 Å². The van der Waals surface area contributed by atoms with Crippen LogP contribution in [0, 0.1) is 6.92 Å². The second kappa shape index (κ2) is 5.69. The fourth-order valence-corrected chi connectivity index (χ4v) is 1.73. The summed E-state index contributed by atoms with van der Waals surface area (Å²) in [4.78, 5) is 12.0. The Morgan fingerprint density at radius 3 is 2.28 bits per heavy atom. The maximum Gasteiger partial charge on any atom is 0.231 e. The second-order valence-corrected chi connectivity index (χ2v) is 4.40. The molecule has 0 aromatic heterocycles. The van der Waals surface area contributed by atoms with Crippen LogP contribution in [0.4, 0.5) is 5.69 Å². The molecule has 0 saturated carbocycles. The predicted octanol–water partition coefficient (Wildman–Crippen LogP) is 3.90. The van der Waals surface area contributed by atoms with Crippen LogP contribution in [0.1, 0.15) is 11.5 Å². The largest absolute Gasteiger partial charge is 0.326 e. The van der Waals surface area contributed by atoms with Crippen LogP contribution >= 0.6 is 11.6 Å². The van der Waals surface area contributed by atoms with Gasteiger partial charge >= 0.3 is 0 Å². The van der Waals surface area contributed by atoms with Gasteiger partial charge in [-0.3, -0.25) is 4.79 Å². The summed E-state index contributed by atoms with van der Waals surface area (Å²) < 4.78 is 0. The van der Waals surface area contributed by atoms with Crippen molar-refractivity contribution in [2.24, 2.45) is 0 Å². The third-order valence-electron chi connectivity index (χ3n) is 2.63. The number of hydrogen-bond donors (Lipinski definition) is 1. The van der Waals surface area contributed by atoms with Gasteiger partial charge in [-0.15, -0.1) is 0 Å². The summed E-state index contributed by atoms with van der Waals surface area (Å²) in [5, 5.41) is 3.45. The van der Waals surface area contributed by atoms with Crippen molar-refractivity contribution in [3.63, 3.8) is 0 Å². The number of carbonyl (C=O) groups is 1. The third-order valence-corrected chi connectivity index (χ3v) is 2.88. The van der Waals surface area contributed by atoms with Gasteiger partial charge in [0.2, 0.25) is 5.91 Å². The zero-order valence-corrected chi connectivity index (χ0v) is 10.5. The van der Waals surface area contributed by atoms with E-state index in [1.54, 1.807) is 24.3 Å². The summed E-state index contributed by atoms with van der Waals surface area (Å²) in [5.74, 6) is -0.564. The lowest BCUT2D eigenvalue weighted by molar-refractivity contribution is -0.116. The molecule has 0 heterocycles. The van der Waals surface area contributed by atoms with E-state index in [1.165, 1.54) is 0 Å². The average Bonchev–Trinajstić information content (AvgIpc) is 2.41. The van der Waals surface area contributed by atoms with Crippen LogP contribution in [0.5, 0.6) is 0 Å². The van der Waals surface area contributed by atoms with Gasteiger partial charge in [0.25, 0.3) is 0 Å². The van der Waals surface area contributed by atoms with Crippen molar-refractivity contribution >= 4 is 23.2 Å². The molecule has 2 nitrogen and oxygen atoms in total. The lowest BCUT2D eigenvalue weighted by atomic mass is 10.0. The van der Waals surface area contributed by atoms with E-state index >= 15 is 0 Å². The molecular formula is C15H13ClNO. The quantitative estimate of drug-likeness (QED) is 0.889. The molecule has 2 aromatic carbocycles. The smallest absolute Gasteiger partial charge is 0.231 e. The van der Waals surface area contributed by atoms with Crippen LogP contribution in [0.15, 0.2) is 54.6 Å². The van der Waals surface area contributed by atoms with Crippen molar-refractivity contribution in [1.82, 2.24) is 0 Å². The molecule has 1 N–H and O–H groups in total. The highest BCUT2D eigenvalue weighted by atomic mass is 35.5. The van der Waals surface area contributed by atoms with Gasteiger partial charge in [-0.05, 0) is 36.8 Å². The molecule has 1 amide bonds. The molecular weight excluding hydrogens is 246 g/mol. The minimum atomic E-state index is -0.429. The number of nitrogens with one attached hydrogen (secondary N) is 1. The Kier molecular flexibility index (Phi) is 4.00. The molecule has 1 unspecified atom stereocenters. The van der Waals surface area contributed by atoms with E-state index in [-0.39, 0.29) is 5.91 Å². The Morgan fingerprint density at radius 1 is 1.06 bits per heavy atom. The SMILES string of the molecule is [CH2]C(C(=O)Nc1ccc(Cl)cc1)c1ccccc1. The van der Waals surface area contributed by atoms with Crippen LogP contribution in [0.3, 0.4) is 0 Å². The monoisotopic (exact) mass is 258 g/mol. The normalized spacial score (nSPS) is 11.9. The van der Waals surface area contributed by atoms with E-state index in [0.717, 1.165) is 5.56 Å². The number of amides is 1. The number of carbonyl (C=O) groups excluding carboxylic acids is 1. The predicted molar refractivity (Wildman–Crippen MR) is 74.6 cm³/mol. The van der Waals surface area contributed by atoms with E-state index in [0.29, 0.717) is 10.7 Å². The van der Waals surface area contributed by atoms with Crippen molar-refractivity contribution in [2.75, 3.05) is 5.32 Å².